The fraction of sp³-hybridized carbons (Fsp3) is 0.316. The second-order valence-electron chi connectivity index (χ2n) is 6.13. The van der Waals surface area contributed by atoms with Gasteiger partial charge < -0.3 is 10.1 Å². The van der Waals surface area contributed by atoms with Crippen molar-refractivity contribution < 1.29 is 22.3 Å². The third-order valence-electron chi connectivity index (χ3n) is 3.60. The van der Waals surface area contributed by atoms with E-state index in [9.17, 15) is 17.6 Å². The standard InChI is InChI=1S/C19H23FN2O4S/c1-14(2)26-13-5-12-21-19(23)17-6-3-4-7-18(17)22-27(24,25)16-10-8-15(20)9-11-16/h3-4,6-11,14,22H,5,12-13H2,1-2H3,(H,21,23). The van der Waals surface area contributed by atoms with Crippen molar-refractivity contribution in [2.24, 2.45) is 0 Å². The number of nitrogens with one attached hydrogen (secondary N) is 2. The SMILES string of the molecule is CC(C)OCCCNC(=O)c1ccccc1NS(=O)(=O)c1ccc(F)cc1. The molecule has 0 radical (unpaired) electrons. The lowest BCUT2D eigenvalue weighted by molar-refractivity contribution is 0.0757. The zero-order valence-electron chi connectivity index (χ0n) is 15.2. The number of sulfonamides is 1. The Hall–Kier alpha value is -2.45. The quantitative estimate of drug-likeness (QED) is 0.640. The molecule has 0 spiro atoms. The van der Waals surface area contributed by atoms with Crippen LogP contribution in [0.4, 0.5) is 10.1 Å². The van der Waals surface area contributed by atoms with E-state index >= 15 is 0 Å². The number of benzene rings is 2. The molecule has 8 heteroatoms. The van der Waals surface area contributed by atoms with Gasteiger partial charge in [-0.05, 0) is 56.7 Å². The lowest BCUT2D eigenvalue weighted by Crippen LogP contribution is -2.27. The number of amides is 1. The third kappa shape index (κ3) is 6.33. The number of para-hydroxylation sites is 1. The van der Waals surface area contributed by atoms with E-state index in [4.69, 9.17) is 4.74 Å². The number of hydrogen-bond donors (Lipinski definition) is 2. The first kappa shape index (κ1) is 20.9. The molecule has 0 aliphatic rings. The summed E-state index contributed by atoms with van der Waals surface area (Å²) in [5.74, 6) is -0.924. The number of hydrogen-bond acceptors (Lipinski definition) is 4. The van der Waals surface area contributed by atoms with Gasteiger partial charge in [0, 0.05) is 13.2 Å². The van der Waals surface area contributed by atoms with Crippen LogP contribution in [0.2, 0.25) is 0 Å². The Morgan fingerprint density at radius 2 is 1.78 bits per heavy atom. The molecular formula is C19H23FN2O4S. The minimum atomic E-state index is -3.94. The number of rotatable bonds is 9. The van der Waals surface area contributed by atoms with Gasteiger partial charge in [0.25, 0.3) is 15.9 Å². The summed E-state index contributed by atoms with van der Waals surface area (Å²) >= 11 is 0. The second kappa shape index (κ2) is 9.48. The maximum atomic E-state index is 13.0. The van der Waals surface area contributed by atoms with Gasteiger partial charge >= 0.3 is 0 Å². The van der Waals surface area contributed by atoms with Crippen LogP contribution in [-0.4, -0.2) is 33.6 Å². The van der Waals surface area contributed by atoms with Crippen molar-refractivity contribution in [3.05, 3.63) is 59.9 Å². The van der Waals surface area contributed by atoms with E-state index in [1.807, 2.05) is 13.8 Å². The van der Waals surface area contributed by atoms with E-state index in [1.165, 1.54) is 12.1 Å². The highest BCUT2D eigenvalue weighted by Gasteiger charge is 2.18. The van der Waals surface area contributed by atoms with Gasteiger partial charge in [-0.1, -0.05) is 12.1 Å². The molecule has 0 atom stereocenters. The Morgan fingerprint density at radius 1 is 1.11 bits per heavy atom. The summed E-state index contributed by atoms with van der Waals surface area (Å²) in [5.41, 5.74) is 0.353. The average Bonchev–Trinajstić information content (AvgIpc) is 2.61. The van der Waals surface area contributed by atoms with Crippen molar-refractivity contribution in [2.45, 2.75) is 31.3 Å². The van der Waals surface area contributed by atoms with Gasteiger partial charge in [0.05, 0.1) is 22.3 Å². The van der Waals surface area contributed by atoms with Crippen LogP contribution in [0.15, 0.2) is 53.4 Å². The number of ether oxygens (including phenoxy) is 1. The van der Waals surface area contributed by atoms with Crippen molar-refractivity contribution >= 4 is 21.6 Å². The van der Waals surface area contributed by atoms with Crippen LogP contribution in [0.3, 0.4) is 0 Å². The van der Waals surface area contributed by atoms with Crippen LogP contribution >= 0.6 is 0 Å². The Bertz CT molecular complexity index is 868. The van der Waals surface area contributed by atoms with Gasteiger partial charge in [-0.15, -0.1) is 0 Å². The zero-order chi connectivity index (χ0) is 19.9. The van der Waals surface area contributed by atoms with E-state index < -0.39 is 21.7 Å². The zero-order valence-corrected chi connectivity index (χ0v) is 16.1. The van der Waals surface area contributed by atoms with Crippen molar-refractivity contribution in [2.75, 3.05) is 17.9 Å². The number of anilines is 1. The topological polar surface area (TPSA) is 84.5 Å². The van der Waals surface area contributed by atoms with Crippen molar-refractivity contribution in [1.29, 1.82) is 0 Å². The summed E-state index contributed by atoms with van der Waals surface area (Å²) in [6, 6.07) is 10.7. The number of halogens is 1. The van der Waals surface area contributed by atoms with Crippen molar-refractivity contribution in [3.63, 3.8) is 0 Å². The van der Waals surface area contributed by atoms with Crippen LogP contribution in [0.25, 0.3) is 0 Å². The minimum Gasteiger partial charge on any atom is -0.379 e. The van der Waals surface area contributed by atoms with Gasteiger partial charge in [-0.25, -0.2) is 12.8 Å². The van der Waals surface area contributed by atoms with E-state index in [0.717, 1.165) is 24.3 Å². The highest BCUT2D eigenvalue weighted by Crippen LogP contribution is 2.20. The summed E-state index contributed by atoms with van der Waals surface area (Å²) < 4.78 is 45.7. The largest absolute Gasteiger partial charge is 0.379 e. The molecule has 0 aromatic heterocycles. The Balaban J connectivity index is 2.06. The van der Waals surface area contributed by atoms with E-state index in [0.29, 0.717) is 19.6 Å². The Morgan fingerprint density at radius 3 is 2.44 bits per heavy atom. The first-order chi connectivity index (χ1) is 12.8. The molecule has 2 aromatic rings. The predicted octanol–water partition coefficient (Wildman–Crippen LogP) is 3.17. The first-order valence-electron chi connectivity index (χ1n) is 8.57. The molecule has 0 heterocycles. The van der Waals surface area contributed by atoms with E-state index in [2.05, 4.69) is 10.0 Å². The Kier molecular flexibility index (Phi) is 7.32. The first-order valence-corrected chi connectivity index (χ1v) is 10.0. The smallest absolute Gasteiger partial charge is 0.261 e. The highest BCUT2D eigenvalue weighted by molar-refractivity contribution is 7.92. The van der Waals surface area contributed by atoms with Crippen LogP contribution in [0.1, 0.15) is 30.6 Å². The molecule has 0 aliphatic heterocycles. The molecule has 0 aliphatic carbocycles. The normalized spacial score (nSPS) is 11.4. The van der Waals surface area contributed by atoms with Gasteiger partial charge in [0.1, 0.15) is 5.82 Å². The summed E-state index contributed by atoms with van der Waals surface area (Å²) in [4.78, 5) is 12.3. The maximum absolute atomic E-state index is 13.0. The molecule has 2 aromatic carbocycles. The molecule has 2 rings (SSSR count). The summed E-state index contributed by atoms with van der Waals surface area (Å²) in [6.45, 7) is 4.80. The fourth-order valence-electron chi connectivity index (χ4n) is 2.28. The summed E-state index contributed by atoms with van der Waals surface area (Å²) in [6.07, 6.45) is 0.773. The Labute approximate surface area is 158 Å². The molecule has 1 amide bonds. The molecule has 6 nitrogen and oxygen atoms in total. The van der Waals surface area contributed by atoms with Crippen molar-refractivity contribution in [3.8, 4) is 0 Å². The van der Waals surface area contributed by atoms with Crippen molar-refractivity contribution in [1.82, 2.24) is 5.32 Å². The van der Waals surface area contributed by atoms with Crippen LogP contribution in [0.5, 0.6) is 0 Å². The van der Waals surface area contributed by atoms with Gasteiger partial charge in [0.2, 0.25) is 0 Å². The molecule has 2 N–H and O–H groups in total. The van der Waals surface area contributed by atoms with Gasteiger partial charge in [-0.3, -0.25) is 9.52 Å². The van der Waals surface area contributed by atoms with Crippen LogP contribution < -0.4 is 10.0 Å². The summed E-state index contributed by atoms with van der Waals surface area (Å²) in [5, 5.41) is 2.74. The molecule has 146 valence electrons. The van der Waals surface area contributed by atoms with Crippen LogP contribution in [0, 0.1) is 5.82 Å². The summed E-state index contributed by atoms with van der Waals surface area (Å²) in [7, 11) is -3.94. The number of carbonyl (C=O) groups is 1. The molecular weight excluding hydrogens is 371 g/mol. The third-order valence-corrected chi connectivity index (χ3v) is 4.98. The monoisotopic (exact) mass is 394 g/mol. The van der Waals surface area contributed by atoms with Crippen LogP contribution in [-0.2, 0) is 14.8 Å². The molecule has 0 saturated carbocycles. The molecule has 0 bridgehead atoms. The molecule has 0 fully saturated rings. The molecule has 0 saturated heterocycles. The fourth-order valence-corrected chi connectivity index (χ4v) is 3.36. The van der Waals surface area contributed by atoms with Gasteiger partial charge in [-0.2, -0.15) is 0 Å². The molecule has 0 unspecified atom stereocenters. The molecule has 27 heavy (non-hydrogen) atoms. The average molecular weight is 394 g/mol. The highest BCUT2D eigenvalue weighted by atomic mass is 32.2. The maximum Gasteiger partial charge on any atom is 0.261 e. The van der Waals surface area contributed by atoms with E-state index in [1.54, 1.807) is 12.1 Å². The lowest BCUT2D eigenvalue weighted by Gasteiger charge is -2.13. The van der Waals surface area contributed by atoms with Gasteiger partial charge in [0.15, 0.2) is 0 Å². The van der Waals surface area contributed by atoms with E-state index in [-0.39, 0.29) is 22.3 Å². The second-order valence-corrected chi connectivity index (χ2v) is 7.82. The predicted molar refractivity (Wildman–Crippen MR) is 102 cm³/mol. The minimum absolute atomic E-state index is 0.0926. The number of carbonyl (C=O) groups excluding carboxylic acids is 1. The lowest BCUT2D eigenvalue weighted by atomic mass is 10.1.